The van der Waals surface area contributed by atoms with Crippen LogP contribution in [-0.2, 0) is 9.13 Å². The molecule has 0 atom stereocenters. The summed E-state index contributed by atoms with van der Waals surface area (Å²) in [7, 11) is -9.28. The van der Waals surface area contributed by atoms with Gasteiger partial charge in [0.1, 0.15) is 0 Å². The van der Waals surface area contributed by atoms with Crippen molar-refractivity contribution in [1.82, 2.24) is 0 Å². The fourth-order valence-corrected chi connectivity index (χ4v) is 0. The molecule has 6 N–H and O–H groups in total. The van der Waals surface area contributed by atoms with Gasteiger partial charge in [-0.15, -0.1) is 0 Å². The fraction of sp³-hybridized carbons (Fsp3) is 0. The molecular formula is H8K2O8P2. The van der Waals surface area contributed by atoms with Crippen LogP contribution < -0.4 is 0 Å². The van der Waals surface area contributed by atoms with Crippen molar-refractivity contribution in [2.75, 3.05) is 0 Å². The molecule has 12 heavy (non-hydrogen) atoms. The molecule has 0 aliphatic rings. The third kappa shape index (κ3) is 173. The topological polar surface area (TPSA) is 156 Å². The molecule has 0 amide bonds. The van der Waals surface area contributed by atoms with E-state index in [4.69, 9.17) is 38.5 Å². The van der Waals surface area contributed by atoms with Crippen LogP contribution in [0, 0.1) is 0 Å². The zero-order valence-electron chi connectivity index (χ0n) is 4.39. The Morgan fingerprint density at radius 1 is 0.583 bits per heavy atom. The van der Waals surface area contributed by atoms with Gasteiger partial charge in [-0.25, -0.2) is 9.13 Å². The first-order valence-corrected chi connectivity index (χ1v) is 4.70. The molecule has 0 unspecified atom stereocenters. The molecule has 0 aliphatic heterocycles. The Kier molecular flexibility index (Phi) is 22.6. The van der Waals surface area contributed by atoms with E-state index in [1.165, 1.54) is 0 Å². The Morgan fingerprint density at radius 2 is 0.583 bits per heavy atom. The van der Waals surface area contributed by atoms with Crippen molar-refractivity contribution in [3.05, 3.63) is 0 Å². The monoisotopic (exact) mass is 276 g/mol. The average molecular weight is 276 g/mol. The standard InChI is InChI=1S/2K.2H3O4P.2H/c;;2*1-5(2,3)4;;/h;;2*(H3,1,2,3,4);;. The number of rotatable bonds is 0. The summed E-state index contributed by atoms with van der Waals surface area (Å²) >= 11 is 0. The molecule has 68 valence electrons. The van der Waals surface area contributed by atoms with E-state index in [1.54, 1.807) is 0 Å². The molecule has 0 saturated carbocycles. The van der Waals surface area contributed by atoms with Crippen molar-refractivity contribution in [1.29, 1.82) is 0 Å². The number of hydrogen-bond acceptors (Lipinski definition) is 2. The molecule has 0 aromatic rings. The van der Waals surface area contributed by atoms with Crippen molar-refractivity contribution < 1.29 is 38.5 Å². The summed E-state index contributed by atoms with van der Waals surface area (Å²) in [5.74, 6) is 0. The molecular weight excluding hydrogens is 268 g/mol. The first-order chi connectivity index (χ1) is 4.00. The van der Waals surface area contributed by atoms with Gasteiger partial charge in [0.2, 0.25) is 0 Å². The second-order valence-electron chi connectivity index (χ2n) is 1.03. The number of hydrogen-bond donors (Lipinski definition) is 6. The van der Waals surface area contributed by atoms with E-state index in [-0.39, 0.29) is 103 Å². The van der Waals surface area contributed by atoms with E-state index in [0.717, 1.165) is 0 Å². The van der Waals surface area contributed by atoms with Crippen LogP contribution in [0.2, 0.25) is 0 Å². The molecule has 0 rings (SSSR count). The predicted molar refractivity (Wildman–Crippen MR) is 42.8 cm³/mol. The van der Waals surface area contributed by atoms with Gasteiger partial charge in [-0.3, -0.25) is 0 Å². The van der Waals surface area contributed by atoms with Gasteiger partial charge in [-0.05, 0) is 0 Å². The van der Waals surface area contributed by atoms with E-state index >= 15 is 0 Å². The van der Waals surface area contributed by atoms with Crippen LogP contribution >= 0.6 is 15.6 Å². The first-order valence-electron chi connectivity index (χ1n) is 1.57. The minimum atomic E-state index is -4.64. The summed E-state index contributed by atoms with van der Waals surface area (Å²) in [5, 5.41) is 0. The summed E-state index contributed by atoms with van der Waals surface area (Å²) in [6, 6.07) is 0. The molecule has 0 aromatic heterocycles. The van der Waals surface area contributed by atoms with Crippen LogP contribution in [0.25, 0.3) is 0 Å². The summed E-state index contributed by atoms with van der Waals surface area (Å²) < 4.78 is 17.8. The van der Waals surface area contributed by atoms with E-state index in [0.29, 0.717) is 0 Å². The first kappa shape index (κ1) is 24.6. The van der Waals surface area contributed by atoms with Gasteiger partial charge in [0, 0.05) is 0 Å². The van der Waals surface area contributed by atoms with E-state index < -0.39 is 15.6 Å². The van der Waals surface area contributed by atoms with E-state index in [9.17, 15) is 0 Å². The van der Waals surface area contributed by atoms with Gasteiger partial charge in [0.05, 0.1) is 0 Å². The molecule has 0 heterocycles. The Hall–Kier alpha value is 3.49. The molecule has 0 fully saturated rings. The molecule has 8 nitrogen and oxygen atoms in total. The van der Waals surface area contributed by atoms with Crippen LogP contribution in [0.1, 0.15) is 0 Å². The molecule has 0 aliphatic carbocycles. The normalized spacial score (nSPS) is 9.83. The second kappa shape index (κ2) is 11.0. The summed E-state index contributed by atoms with van der Waals surface area (Å²) in [4.78, 5) is 43.1. The average Bonchev–Trinajstić information content (AvgIpc) is 1.12. The van der Waals surface area contributed by atoms with Crippen molar-refractivity contribution in [3.8, 4) is 0 Å². The van der Waals surface area contributed by atoms with Gasteiger partial charge >= 0.3 is 118 Å². The van der Waals surface area contributed by atoms with Crippen molar-refractivity contribution >= 4 is 118 Å². The zero-order valence-corrected chi connectivity index (χ0v) is 6.18. The summed E-state index contributed by atoms with van der Waals surface area (Å²) in [6.45, 7) is 0. The summed E-state index contributed by atoms with van der Waals surface area (Å²) in [6.07, 6.45) is 0. The van der Waals surface area contributed by atoms with Crippen molar-refractivity contribution in [3.63, 3.8) is 0 Å². The quantitative estimate of drug-likeness (QED) is 0.200. The molecule has 0 saturated heterocycles. The Balaban J connectivity index is -0.0000000457. The van der Waals surface area contributed by atoms with Crippen LogP contribution in [0.3, 0.4) is 0 Å². The molecule has 12 heteroatoms. The van der Waals surface area contributed by atoms with Gasteiger partial charge < -0.3 is 29.4 Å². The van der Waals surface area contributed by atoms with Crippen LogP contribution in [0.5, 0.6) is 0 Å². The minimum absolute atomic E-state index is 0. The van der Waals surface area contributed by atoms with Gasteiger partial charge in [0.15, 0.2) is 0 Å². The SMILES string of the molecule is O=P(O)(O)O.O=P(O)(O)O.[KH].[KH]. The molecule has 0 aromatic carbocycles. The van der Waals surface area contributed by atoms with Gasteiger partial charge in [-0.1, -0.05) is 0 Å². The van der Waals surface area contributed by atoms with Crippen LogP contribution in [0.4, 0.5) is 0 Å². The maximum absolute atomic E-state index is 8.88. The Morgan fingerprint density at radius 3 is 0.583 bits per heavy atom. The van der Waals surface area contributed by atoms with Crippen LogP contribution in [0.15, 0.2) is 0 Å². The van der Waals surface area contributed by atoms with Crippen LogP contribution in [-0.4, -0.2) is 132 Å². The summed E-state index contributed by atoms with van der Waals surface area (Å²) in [5.41, 5.74) is 0. The maximum atomic E-state index is 8.88. The molecule has 0 radical (unpaired) electrons. The Labute approximate surface area is 153 Å². The second-order valence-corrected chi connectivity index (χ2v) is 3.08. The fourth-order valence-electron chi connectivity index (χ4n) is 0. The number of phosphoric acid groups is 2. The Bertz CT molecular complexity index is 127. The van der Waals surface area contributed by atoms with Crippen molar-refractivity contribution in [2.45, 2.75) is 0 Å². The van der Waals surface area contributed by atoms with Gasteiger partial charge in [-0.2, -0.15) is 0 Å². The zero-order chi connectivity index (χ0) is 9.00. The van der Waals surface area contributed by atoms with Gasteiger partial charge in [0.25, 0.3) is 0 Å². The van der Waals surface area contributed by atoms with E-state index in [2.05, 4.69) is 0 Å². The predicted octanol–water partition coefficient (Wildman–Crippen LogP) is -3.15. The third-order valence-electron chi connectivity index (χ3n) is 0. The third-order valence-corrected chi connectivity index (χ3v) is 0. The molecule has 0 spiro atoms. The van der Waals surface area contributed by atoms with E-state index in [1.807, 2.05) is 0 Å². The molecule has 0 bridgehead atoms. The van der Waals surface area contributed by atoms with Crippen molar-refractivity contribution in [2.24, 2.45) is 0 Å².